The lowest BCUT2D eigenvalue weighted by molar-refractivity contribution is -0.122. The Morgan fingerprint density at radius 1 is 1.53 bits per heavy atom. The number of rotatable bonds is 2. The van der Waals surface area contributed by atoms with Gasteiger partial charge in [0, 0.05) is 11.4 Å². The van der Waals surface area contributed by atoms with Crippen molar-refractivity contribution in [1.29, 1.82) is 0 Å². The molecular formula is C11H10ClFN2O2. The fourth-order valence-electron chi connectivity index (χ4n) is 1.62. The second-order valence-corrected chi connectivity index (χ2v) is 4.21. The van der Waals surface area contributed by atoms with Gasteiger partial charge in [-0.1, -0.05) is 11.6 Å². The predicted octanol–water partition coefficient (Wildman–Crippen LogP) is 1.70. The van der Waals surface area contributed by atoms with Gasteiger partial charge in [0.1, 0.15) is 11.9 Å². The number of halogens is 2. The maximum atomic E-state index is 13.3. The van der Waals surface area contributed by atoms with Crippen LogP contribution in [0.15, 0.2) is 18.2 Å². The van der Waals surface area contributed by atoms with Gasteiger partial charge in [0.25, 0.3) is 0 Å². The minimum Gasteiger partial charge on any atom is -0.344 e. The molecule has 0 aliphatic carbocycles. The number of benzene rings is 1. The van der Waals surface area contributed by atoms with Gasteiger partial charge in [0.15, 0.2) is 0 Å². The molecule has 1 saturated heterocycles. The summed E-state index contributed by atoms with van der Waals surface area (Å²) in [5.74, 6) is -1.17. The number of carbonyl (C=O) groups excluding carboxylic acids is 2. The van der Waals surface area contributed by atoms with E-state index < -0.39 is 17.8 Å². The third-order valence-corrected chi connectivity index (χ3v) is 2.73. The van der Waals surface area contributed by atoms with Crippen molar-refractivity contribution in [2.45, 2.75) is 18.9 Å². The minimum atomic E-state index is -0.596. The molecular weight excluding hydrogens is 247 g/mol. The summed E-state index contributed by atoms with van der Waals surface area (Å²) in [6.07, 6.45) is 0.739. The first-order chi connectivity index (χ1) is 8.06. The molecule has 0 aromatic heterocycles. The topological polar surface area (TPSA) is 58.2 Å². The van der Waals surface area contributed by atoms with Gasteiger partial charge < -0.3 is 10.6 Å². The maximum Gasteiger partial charge on any atom is 0.247 e. The molecule has 0 radical (unpaired) electrons. The van der Waals surface area contributed by atoms with Gasteiger partial charge >= 0.3 is 0 Å². The molecule has 2 rings (SSSR count). The van der Waals surface area contributed by atoms with Crippen LogP contribution in [0.2, 0.25) is 5.02 Å². The molecule has 4 nitrogen and oxygen atoms in total. The third-order valence-electron chi connectivity index (χ3n) is 2.50. The second kappa shape index (κ2) is 4.71. The van der Waals surface area contributed by atoms with E-state index in [0.717, 1.165) is 0 Å². The summed E-state index contributed by atoms with van der Waals surface area (Å²) in [5, 5.41) is 5.23. The monoisotopic (exact) mass is 256 g/mol. The smallest absolute Gasteiger partial charge is 0.247 e. The summed E-state index contributed by atoms with van der Waals surface area (Å²) >= 11 is 5.70. The number of hydrogen-bond donors (Lipinski definition) is 2. The van der Waals surface area contributed by atoms with E-state index in [2.05, 4.69) is 10.6 Å². The van der Waals surface area contributed by atoms with E-state index in [9.17, 15) is 14.0 Å². The third kappa shape index (κ3) is 2.74. The van der Waals surface area contributed by atoms with E-state index in [1.807, 2.05) is 0 Å². The average Bonchev–Trinajstić information content (AvgIpc) is 2.70. The van der Waals surface area contributed by atoms with Gasteiger partial charge in [-0.05, 0) is 24.6 Å². The lowest BCUT2D eigenvalue weighted by atomic mass is 10.2. The quantitative estimate of drug-likeness (QED) is 0.846. The highest BCUT2D eigenvalue weighted by Gasteiger charge is 2.27. The standard InChI is InChI=1S/C11H10ClFN2O2/c12-6-1-2-7(13)9(5-6)15-11(17)8-3-4-10(16)14-8/h1-2,5,8H,3-4H2,(H,14,16)(H,15,17). The van der Waals surface area contributed by atoms with Crippen molar-refractivity contribution < 1.29 is 14.0 Å². The molecule has 2 amide bonds. The Hall–Kier alpha value is -1.62. The minimum absolute atomic E-state index is 0.0173. The Morgan fingerprint density at radius 3 is 2.94 bits per heavy atom. The Labute approximate surface area is 102 Å². The molecule has 1 atom stereocenters. The molecule has 6 heteroatoms. The van der Waals surface area contributed by atoms with E-state index in [1.54, 1.807) is 0 Å². The fraction of sp³-hybridized carbons (Fsp3) is 0.273. The average molecular weight is 257 g/mol. The van der Waals surface area contributed by atoms with Crippen LogP contribution in [0, 0.1) is 5.82 Å². The van der Waals surface area contributed by atoms with Crippen molar-refractivity contribution in [3.8, 4) is 0 Å². The van der Waals surface area contributed by atoms with Crippen molar-refractivity contribution in [3.05, 3.63) is 29.0 Å². The zero-order valence-electron chi connectivity index (χ0n) is 8.80. The molecule has 17 heavy (non-hydrogen) atoms. The second-order valence-electron chi connectivity index (χ2n) is 3.77. The predicted molar refractivity (Wildman–Crippen MR) is 61.2 cm³/mol. The number of carbonyl (C=O) groups is 2. The summed E-state index contributed by atoms with van der Waals surface area (Å²) in [6.45, 7) is 0. The molecule has 1 aliphatic heterocycles. The number of amides is 2. The summed E-state index contributed by atoms with van der Waals surface area (Å²) in [7, 11) is 0. The number of anilines is 1. The van der Waals surface area contributed by atoms with Crippen LogP contribution in [0.5, 0.6) is 0 Å². The first kappa shape index (κ1) is 11.9. The zero-order valence-corrected chi connectivity index (χ0v) is 9.55. The molecule has 1 aromatic carbocycles. The summed E-state index contributed by atoms with van der Waals surface area (Å²) in [5.41, 5.74) is 0.0173. The molecule has 90 valence electrons. The highest BCUT2D eigenvalue weighted by Crippen LogP contribution is 2.20. The van der Waals surface area contributed by atoms with E-state index in [-0.39, 0.29) is 11.6 Å². The van der Waals surface area contributed by atoms with Crippen LogP contribution < -0.4 is 10.6 Å². The first-order valence-electron chi connectivity index (χ1n) is 5.11. The molecule has 0 bridgehead atoms. The molecule has 1 fully saturated rings. The lowest BCUT2D eigenvalue weighted by Crippen LogP contribution is -2.37. The van der Waals surface area contributed by atoms with Crippen LogP contribution in [0.3, 0.4) is 0 Å². The molecule has 1 unspecified atom stereocenters. The summed E-state index contributed by atoms with van der Waals surface area (Å²) in [4.78, 5) is 22.6. The van der Waals surface area contributed by atoms with Crippen LogP contribution in [-0.4, -0.2) is 17.9 Å². The highest BCUT2D eigenvalue weighted by molar-refractivity contribution is 6.30. The maximum absolute atomic E-state index is 13.3. The molecule has 1 aliphatic rings. The number of hydrogen-bond acceptors (Lipinski definition) is 2. The summed E-state index contributed by atoms with van der Waals surface area (Å²) in [6, 6.07) is 3.29. The van der Waals surface area contributed by atoms with Gasteiger partial charge in [-0.2, -0.15) is 0 Å². The van der Waals surface area contributed by atoms with E-state index >= 15 is 0 Å². The van der Waals surface area contributed by atoms with E-state index in [0.29, 0.717) is 17.9 Å². The van der Waals surface area contributed by atoms with Gasteiger partial charge in [0.05, 0.1) is 5.69 Å². The normalized spacial score (nSPS) is 18.9. The lowest BCUT2D eigenvalue weighted by Gasteiger charge is -2.11. The molecule has 1 heterocycles. The van der Waals surface area contributed by atoms with Crippen LogP contribution in [0.4, 0.5) is 10.1 Å². The largest absolute Gasteiger partial charge is 0.344 e. The van der Waals surface area contributed by atoms with Gasteiger partial charge in [-0.3, -0.25) is 9.59 Å². The van der Waals surface area contributed by atoms with Gasteiger partial charge in [0.2, 0.25) is 11.8 Å². The van der Waals surface area contributed by atoms with Gasteiger partial charge in [-0.15, -0.1) is 0 Å². The molecule has 0 spiro atoms. The zero-order chi connectivity index (χ0) is 12.4. The van der Waals surface area contributed by atoms with Crippen molar-refractivity contribution >= 4 is 29.1 Å². The Kier molecular flexibility index (Phi) is 3.28. The molecule has 1 aromatic rings. The SMILES string of the molecule is O=C1CCC(C(=O)Nc2cc(Cl)ccc2F)N1. The van der Waals surface area contributed by atoms with E-state index in [4.69, 9.17) is 11.6 Å². The Morgan fingerprint density at radius 2 is 2.29 bits per heavy atom. The van der Waals surface area contributed by atoms with Crippen molar-refractivity contribution in [2.75, 3.05) is 5.32 Å². The Balaban J connectivity index is 2.07. The van der Waals surface area contributed by atoms with E-state index in [1.165, 1.54) is 18.2 Å². The van der Waals surface area contributed by atoms with Crippen LogP contribution in [-0.2, 0) is 9.59 Å². The first-order valence-corrected chi connectivity index (χ1v) is 5.49. The van der Waals surface area contributed by atoms with Gasteiger partial charge in [-0.25, -0.2) is 4.39 Å². The van der Waals surface area contributed by atoms with Crippen molar-refractivity contribution in [3.63, 3.8) is 0 Å². The molecule has 0 saturated carbocycles. The van der Waals surface area contributed by atoms with Crippen molar-refractivity contribution in [2.24, 2.45) is 0 Å². The molecule has 2 N–H and O–H groups in total. The Bertz CT molecular complexity index is 479. The highest BCUT2D eigenvalue weighted by atomic mass is 35.5. The van der Waals surface area contributed by atoms with Crippen LogP contribution >= 0.6 is 11.6 Å². The van der Waals surface area contributed by atoms with Crippen LogP contribution in [0.25, 0.3) is 0 Å². The summed E-state index contributed by atoms with van der Waals surface area (Å²) < 4.78 is 13.3. The fourth-order valence-corrected chi connectivity index (χ4v) is 1.80. The van der Waals surface area contributed by atoms with Crippen molar-refractivity contribution in [1.82, 2.24) is 5.32 Å². The number of nitrogens with one attached hydrogen (secondary N) is 2. The van der Waals surface area contributed by atoms with Crippen LogP contribution in [0.1, 0.15) is 12.8 Å².